The summed E-state index contributed by atoms with van der Waals surface area (Å²) >= 11 is 0. The lowest BCUT2D eigenvalue weighted by molar-refractivity contribution is -0.110. The van der Waals surface area contributed by atoms with E-state index in [0.29, 0.717) is 11.5 Å². The van der Waals surface area contributed by atoms with E-state index in [-0.39, 0.29) is 11.2 Å². The van der Waals surface area contributed by atoms with Crippen LogP contribution < -0.4 is 9.47 Å². The minimum Gasteiger partial charge on any atom is -0.496 e. The van der Waals surface area contributed by atoms with Crippen molar-refractivity contribution in [3.63, 3.8) is 0 Å². The van der Waals surface area contributed by atoms with Crippen LogP contribution in [0.1, 0.15) is 37.5 Å². The second-order valence-corrected chi connectivity index (χ2v) is 7.02. The van der Waals surface area contributed by atoms with E-state index >= 15 is 0 Å². The van der Waals surface area contributed by atoms with Crippen molar-refractivity contribution in [3.8, 4) is 11.5 Å². The molecule has 3 heteroatoms. The van der Waals surface area contributed by atoms with Gasteiger partial charge in [-0.25, -0.2) is 0 Å². The van der Waals surface area contributed by atoms with Crippen molar-refractivity contribution in [1.29, 1.82) is 0 Å². The SMILES string of the molecule is COc1cccc(OC)c1/C=C/C(=O)/C=C/c1ccc(C(C)(C)C)cc1. The van der Waals surface area contributed by atoms with Crippen molar-refractivity contribution in [2.45, 2.75) is 26.2 Å². The fourth-order valence-electron chi connectivity index (χ4n) is 2.54. The van der Waals surface area contributed by atoms with Crippen LogP contribution in [0.4, 0.5) is 0 Å². The van der Waals surface area contributed by atoms with Crippen molar-refractivity contribution in [2.24, 2.45) is 0 Å². The van der Waals surface area contributed by atoms with Crippen LogP contribution in [-0.2, 0) is 10.2 Å². The maximum atomic E-state index is 12.2. The summed E-state index contributed by atoms with van der Waals surface area (Å²) in [6.07, 6.45) is 6.61. The third-order valence-electron chi connectivity index (χ3n) is 4.10. The van der Waals surface area contributed by atoms with Gasteiger partial charge in [0.1, 0.15) is 11.5 Å². The summed E-state index contributed by atoms with van der Waals surface area (Å²) in [6.45, 7) is 6.54. The lowest BCUT2D eigenvalue weighted by Crippen LogP contribution is -2.10. The van der Waals surface area contributed by atoms with E-state index < -0.39 is 0 Å². The van der Waals surface area contributed by atoms with Crippen molar-refractivity contribution >= 4 is 17.9 Å². The third kappa shape index (κ3) is 5.09. The molecule has 0 aromatic heterocycles. The number of methoxy groups -OCH3 is 2. The molecule has 0 spiro atoms. The summed E-state index contributed by atoms with van der Waals surface area (Å²) in [4.78, 5) is 12.2. The monoisotopic (exact) mass is 350 g/mol. The molecule has 0 radical (unpaired) electrons. The number of ether oxygens (including phenoxy) is 2. The highest BCUT2D eigenvalue weighted by atomic mass is 16.5. The Kier molecular flexibility index (Phi) is 6.40. The summed E-state index contributed by atoms with van der Waals surface area (Å²) in [6, 6.07) is 13.8. The number of hydrogen-bond acceptors (Lipinski definition) is 3. The van der Waals surface area contributed by atoms with E-state index in [0.717, 1.165) is 11.1 Å². The Bertz CT molecular complexity index is 784. The van der Waals surface area contributed by atoms with Crippen molar-refractivity contribution < 1.29 is 14.3 Å². The molecule has 0 aliphatic carbocycles. The van der Waals surface area contributed by atoms with Crippen LogP contribution in [0.3, 0.4) is 0 Å². The predicted octanol–water partition coefficient (Wildman–Crippen LogP) is 5.30. The molecule has 0 heterocycles. The molecule has 0 atom stereocenters. The lowest BCUT2D eigenvalue weighted by atomic mass is 9.87. The molecule has 2 rings (SSSR count). The average molecular weight is 350 g/mol. The first-order valence-electron chi connectivity index (χ1n) is 8.57. The zero-order chi connectivity index (χ0) is 19.2. The molecule has 2 aromatic carbocycles. The van der Waals surface area contributed by atoms with Gasteiger partial charge in [-0.05, 0) is 46.9 Å². The molecule has 0 fully saturated rings. The molecule has 0 saturated heterocycles. The van der Waals surface area contributed by atoms with Gasteiger partial charge in [0.15, 0.2) is 5.78 Å². The smallest absolute Gasteiger partial charge is 0.178 e. The lowest BCUT2D eigenvalue weighted by Gasteiger charge is -2.18. The van der Waals surface area contributed by atoms with Gasteiger partial charge in [0.2, 0.25) is 0 Å². The van der Waals surface area contributed by atoms with E-state index in [4.69, 9.17) is 9.47 Å². The molecule has 0 aliphatic heterocycles. The van der Waals surface area contributed by atoms with Crippen LogP contribution in [0, 0.1) is 0 Å². The van der Waals surface area contributed by atoms with Gasteiger partial charge in [-0.1, -0.05) is 57.2 Å². The highest BCUT2D eigenvalue weighted by molar-refractivity contribution is 6.04. The van der Waals surface area contributed by atoms with Gasteiger partial charge in [-0.2, -0.15) is 0 Å². The number of hydrogen-bond donors (Lipinski definition) is 0. The van der Waals surface area contributed by atoms with Gasteiger partial charge < -0.3 is 9.47 Å². The molecule has 0 N–H and O–H groups in total. The molecule has 0 aliphatic rings. The second-order valence-electron chi connectivity index (χ2n) is 7.02. The summed E-state index contributed by atoms with van der Waals surface area (Å²) in [5, 5.41) is 0. The van der Waals surface area contributed by atoms with Crippen LogP contribution in [0.25, 0.3) is 12.2 Å². The number of carbonyl (C=O) groups is 1. The summed E-state index contributed by atoms with van der Waals surface area (Å²) in [7, 11) is 3.18. The summed E-state index contributed by atoms with van der Waals surface area (Å²) in [5.74, 6) is 1.23. The minimum absolute atomic E-state index is 0.0992. The van der Waals surface area contributed by atoms with E-state index in [2.05, 4.69) is 32.9 Å². The number of ketones is 1. The van der Waals surface area contributed by atoms with Crippen molar-refractivity contribution in [3.05, 3.63) is 71.3 Å². The van der Waals surface area contributed by atoms with Crippen LogP contribution in [-0.4, -0.2) is 20.0 Å². The molecule has 3 nitrogen and oxygen atoms in total. The Hall–Kier alpha value is -2.81. The first-order chi connectivity index (χ1) is 12.3. The van der Waals surface area contributed by atoms with Gasteiger partial charge >= 0.3 is 0 Å². The quantitative estimate of drug-likeness (QED) is 0.664. The van der Waals surface area contributed by atoms with Crippen molar-refractivity contribution in [1.82, 2.24) is 0 Å². The highest BCUT2D eigenvalue weighted by Crippen LogP contribution is 2.29. The van der Waals surface area contributed by atoms with Crippen LogP contribution in [0.15, 0.2) is 54.6 Å². The van der Waals surface area contributed by atoms with Gasteiger partial charge in [-0.15, -0.1) is 0 Å². The first-order valence-corrected chi connectivity index (χ1v) is 8.57. The van der Waals surface area contributed by atoms with Crippen molar-refractivity contribution in [2.75, 3.05) is 14.2 Å². The maximum absolute atomic E-state index is 12.2. The summed E-state index contributed by atoms with van der Waals surface area (Å²) < 4.78 is 10.7. The molecule has 136 valence electrons. The zero-order valence-corrected chi connectivity index (χ0v) is 16.1. The Labute approximate surface area is 156 Å². The molecule has 0 saturated carbocycles. The van der Waals surface area contributed by atoms with E-state index in [1.165, 1.54) is 11.6 Å². The molecule has 26 heavy (non-hydrogen) atoms. The zero-order valence-electron chi connectivity index (χ0n) is 16.1. The predicted molar refractivity (Wildman–Crippen MR) is 108 cm³/mol. The topological polar surface area (TPSA) is 35.5 Å². The van der Waals surface area contributed by atoms with Gasteiger partial charge in [0.25, 0.3) is 0 Å². The van der Waals surface area contributed by atoms with Gasteiger partial charge in [-0.3, -0.25) is 4.79 Å². The molecule has 0 amide bonds. The number of rotatable bonds is 6. The molecular formula is C23H26O3. The minimum atomic E-state index is -0.0992. The number of carbonyl (C=O) groups excluding carboxylic acids is 1. The van der Waals surface area contributed by atoms with E-state index in [1.54, 1.807) is 26.4 Å². The van der Waals surface area contributed by atoms with Gasteiger partial charge in [0, 0.05) is 0 Å². The standard InChI is InChI=1S/C23H26O3/c1-23(2,3)18-12-9-17(10-13-18)11-14-19(24)15-16-20-21(25-4)7-6-8-22(20)26-5/h6-16H,1-5H3/b14-11+,16-15+. The molecule has 2 aromatic rings. The highest BCUT2D eigenvalue weighted by Gasteiger charge is 2.12. The van der Waals surface area contributed by atoms with E-state index in [9.17, 15) is 4.79 Å². The normalized spacial score (nSPS) is 11.9. The summed E-state index contributed by atoms with van der Waals surface area (Å²) in [5.41, 5.74) is 3.13. The average Bonchev–Trinajstić information content (AvgIpc) is 2.63. The molecular weight excluding hydrogens is 324 g/mol. The largest absolute Gasteiger partial charge is 0.496 e. The third-order valence-corrected chi connectivity index (χ3v) is 4.10. The molecule has 0 unspecified atom stereocenters. The second kappa shape index (κ2) is 8.52. The van der Waals surface area contributed by atoms with Crippen LogP contribution >= 0.6 is 0 Å². The Balaban J connectivity index is 2.11. The first kappa shape index (κ1) is 19.5. The van der Waals surface area contributed by atoms with Crippen LogP contribution in [0.2, 0.25) is 0 Å². The molecule has 0 bridgehead atoms. The fraction of sp³-hybridized carbons (Fsp3) is 0.261. The maximum Gasteiger partial charge on any atom is 0.178 e. The van der Waals surface area contributed by atoms with E-state index in [1.807, 2.05) is 36.4 Å². The fourth-order valence-corrected chi connectivity index (χ4v) is 2.54. The Morgan fingerprint density at radius 3 is 1.88 bits per heavy atom. The Morgan fingerprint density at radius 1 is 0.846 bits per heavy atom. The number of benzene rings is 2. The van der Waals surface area contributed by atoms with Crippen LogP contribution in [0.5, 0.6) is 11.5 Å². The number of allylic oxidation sites excluding steroid dienone is 2. The Morgan fingerprint density at radius 2 is 1.38 bits per heavy atom. The van der Waals surface area contributed by atoms with Gasteiger partial charge in [0.05, 0.1) is 19.8 Å².